The fourth-order valence-corrected chi connectivity index (χ4v) is 4.47. The summed E-state index contributed by atoms with van der Waals surface area (Å²) in [4.78, 5) is 59.3. The predicted molar refractivity (Wildman–Crippen MR) is 144 cm³/mol. The van der Waals surface area contributed by atoms with E-state index in [1.165, 1.54) is 18.2 Å². The van der Waals surface area contributed by atoms with E-state index in [2.05, 4.69) is 5.32 Å². The van der Waals surface area contributed by atoms with Crippen molar-refractivity contribution in [2.24, 2.45) is 0 Å². The molecule has 4 rings (SSSR count). The summed E-state index contributed by atoms with van der Waals surface area (Å²) in [6.07, 6.45) is 1.46. The van der Waals surface area contributed by atoms with E-state index in [4.69, 9.17) is 16.3 Å². The first-order valence-electron chi connectivity index (χ1n) is 11.0. The van der Waals surface area contributed by atoms with E-state index >= 15 is 0 Å². The molecule has 0 unspecified atom stereocenters. The molecule has 14 heteroatoms. The Labute approximate surface area is 229 Å². The van der Waals surface area contributed by atoms with E-state index in [9.17, 15) is 34.6 Å². The highest BCUT2D eigenvalue weighted by molar-refractivity contribution is 8.18. The Morgan fingerprint density at radius 1 is 1.05 bits per heavy atom. The molecule has 1 heterocycles. The SMILES string of the molecule is Cc1ccc(Cl)cc1NC(=O)CN1C(=O)S/C(=C/c2ccc(Oc3ccc([N+](=O)[O-])cc3[N+](=O)[O-])cc2)C1=O. The lowest BCUT2D eigenvalue weighted by Gasteiger charge is -2.13. The Kier molecular flexibility index (Phi) is 7.93. The van der Waals surface area contributed by atoms with Crippen LogP contribution in [0.2, 0.25) is 5.02 Å². The minimum atomic E-state index is -0.788. The summed E-state index contributed by atoms with van der Waals surface area (Å²) in [7, 11) is 0. The van der Waals surface area contributed by atoms with E-state index in [0.717, 1.165) is 28.7 Å². The largest absolute Gasteiger partial charge is 0.450 e. The lowest BCUT2D eigenvalue weighted by atomic mass is 10.2. The van der Waals surface area contributed by atoms with Crippen molar-refractivity contribution in [3.05, 3.63) is 102 Å². The molecule has 0 bridgehead atoms. The lowest BCUT2D eigenvalue weighted by molar-refractivity contribution is -0.394. The van der Waals surface area contributed by atoms with Crippen LogP contribution >= 0.6 is 23.4 Å². The summed E-state index contributed by atoms with van der Waals surface area (Å²) in [6, 6.07) is 14.0. The molecule has 198 valence electrons. The van der Waals surface area contributed by atoms with Gasteiger partial charge in [0.15, 0.2) is 0 Å². The molecular weight excluding hydrogens is 552 g/mol. The number of carbonyl (C=O) groups is 3. The highest BCUT2D eigenvalue weighted by Gasteiger charge is 2.36. The van der Waals surface area contributed by atoms with Crippen molar-refractivity contribution in [1.82, 2.24) is 4.90 Å². The third-order valence-electron chi connectivity index (χ3n) is 5.40. The Morgan fingerprint density at radius 3 is 2.44 bits per heavy atom. The average molecular weight is 569 g/mol. The number of nitrogens with zero attached hydrogens (tertiary/aromatic N) is 3. The molecule has 0 spiro atoms. The number of nitrogens with one attached hydrogen (secondary N) is 1. The predicted octanol–water partition coefficient (Wildman–Crippen LogP) is 5.93. The van der Waals surface area contributed by atoms with Gasteiger partial charge in [-0.2, -0.15) is 0 Å². The zero-order valence-electron chi connectivity index (χ0n) is 20.0. The summed E-state index contributed by atoms with van der Waals surface area (Å²) < 4.78 is 5.52. The first kappa shape index (κ1) is 27.3. The molecule has 3 aromatic carbocycles. The van der Waals surface area contributed by atoms with Crippen LogP contribution < -0.4 is 10.1 Å². The zero-order valence-corrected chi connectivity index (χ0v) is 21.5. The quantitative estimate of drug-likeness (QED) is 0.197. The van der Waals surface area contributed by atoms with Crippen LogP contribution in [0.25, 0.3) is 6.08 Å². The van der Waals surface area contributed by atoms with Crippen LogP contribution in [0.5, 0.6) is 11.5 Å². The van der Waals surface area contributed by atoms with E-state index in [1.54, 1.807) is 37.3 Å². The Hall–Kier alpha value is -4.75. The second-order valence-electron chi connectivity index (χ2n) is 8.11. The summed E-state index contributed by atoms with van der Waals surface area (Å²) in [5.41, 5.74) is 0.728. The molecule has 0 saturated carbocycles. The first-order chi connectivity index (χ1) is 18.5. The van der Waals surface area contributed by atoms with Crippen LogP contribution in [-0.2, 0) is 9.59 Å². The van der Waals surface area contributed by atoms with Crippen LogP contribution in [0, 0.1) is 27.2 Å². The van der Waals surface area contributed by atoms with Gasteiger partial charge in [-0.15, -0.1) is 0 Å². The normalized spacial score (nSPS) is 14.0. The molecule has 1 fully saturated rings. The maximum atomic E-state index is 12.8. The Bertz CT molecular complexity index is 1560. The van der Waals surface area contributed by atoms with Gasteiger partial charge in [-0.05, 0) is 66.2 Å². The third kappa shape index (κ3) is 6.40. The molecule has 1 saturated heterocycles. The van der Waals surface area contributed by atoms with E-state index < -0.39 is 44.8 Å². The number of carbonyl (C=O) groups excluding carboxylic acids is 3. The summed E-state index contributed by atoms with van der Waals surface area (Å²) in [5.74, 6) is -1.19. The smallest absolute Gasteiger partial charge is 0.318 e. The van der Waals surface area contributed by atoms with Gasteiger partial charge < -0.3 is 10.1 Å². The lowest BCUT2D eigenvalue weighted by Crippen LogP contribution is -2.36. The van der Waals surface area contributed by atoms with Crippen LogP contribution in [0.1, 0.15) is 11.1 Å². The number of nitro groups is 2. The van der Waals surface area contributed by atoms with Crippen molar-refractivity contribution in [2.45, 2.75) is 6.92 Å². The second-order valence-corrected chi connectivity index (χ2v) is 9.54. The number of hydrogen-bond acceptors (Lipinski definition) is 9. The molecule has 1 aliphatic heterocycles. The molecule has 0 aliphatic carbocycles. The Balaban J connectivity index is 1.44. The number of anilines is 1. The summed E-state index contributed by atoms with van der Waals surface area (Å²) in [6.45, 7) is 1.30. The minimum Gasteiger partial charge on any atom is -0.450 e. The fourth-order valence-electron chi connectivity index (χ4n) is 3.46. The van der Waals surface area contributed by atoms with E-state index in [-0.39, 0.29) is 16.4 Å². The van der Waals surface area contributed by atoms with Crippen molar-refractivity contribution >= 4 is 63.6 Å². The van der Waals surface area contributed by atoms with Crippen molar-refractivity contribution < 1.29 is 29.0 Å². The number of imide groups is 1. The van der Waals surface area contributed by atoms with E-state index in [0.29, 0.717) is 28.0 Å². The third-order valence-corrected chi connectivity index (χ3v) is 6.55. The molecule has 0 radical (unpaired) electrons. The Morgan fingerprint density at radius 2 is 1.77 bits per heavy atom. The van der Waals surface area contributed by atoms with E-state index in [1.807, 2.05) is 0 Å². The molecule has 0 atom stereocenters. The van der Waals surface area contributed by atoms with Crippen LogP contribution in [0.4, 0.5) is 21.9 Å². The van der Waals surface area contributed by atoms with Crippen molar-refractivity contribution in [1.29, 1.82) is 0 Å². The highest BCUT2D eigenvalue weighted by Crippen LogP contribution is 2.35. The topological polar surface area (TPSA) is 162 Å². The molecular formula is C25H17ClN4O8S. The highest BCUT2D eigenvalue weighted by atomic mass is 35.5. The van der Waals surface area contributed by atoms with Gasteiger partial charge in [0.2, 0.25) is 11.7 Å². The number of ether oxygens (including phenoxy) is 1. The average Bonchev–Trinajstić information content (AvgIpc) is 3.14. The van der Waals surface area contributed by atoms with Gasteiger partial charge in [0, 0.05) is 16.8 Å². The van der Waals surface area contributed by atoms with Gasteiger partial charge in [0.05, 0.1) is 20.8 Å². The van der Waals surface area contributed by atoms with Crippen molar-refractivity contribution in [2.75, 3.05) is 11.9 Å². The van der Waals surface area contributed by atoms with Crippen LogP contribution in [0.15, 0.2) is 65.6 Å². The molecule has 12 nitrogen and oxygen atoms in total. The van der Waals surface area contributed by atoms with Gasteiger partial charge in [-0.25, -0.2) is 0 Å². The van der Waals surface area contributed by atoms with Gasteiger partial charge >= 0.3 is 5.69 Å². The molecule has 0 aromatic heterocycles. The van der Waals surface area contributed by atoms with Crippen molar-refractivity contribution in [3.63, 3.8) is 0 Å². The number of nitro benzene ring substituents is 2. The van der Waals surface area contributed by atoms with Gasteiger partial charge in [0.25, 0.3) is 16.8 Å². The van der Waals surface area contributed by atoms with Crippen LogP contribution in [-0.4, -0.2) is 38.3 Å². The molecule has 3 amide bonds. The van der Waals surface area contributed by atoms with Gasteiger partial charge in [-0.1, -0.05) is 29.8 Å². The summed E-state index contributed by atoms with van der Waals surface area (Å²) in [5, 5.41) is 24.7. The number of thioether (sulfide) groups is 1. The minimum absolute atomic E-state index is 0.103. The second kappa shape index (κ2) is 11.3. The monoisotopic (exact) mass is 568 g/mol. The number of amides is 3. The van der Waals surface area contributed by atoms with Gasteiger partial charge in [-0.3, -0.25) is 39.5 Å². The summed E-state index contributed by atoms with van der Waals surface area (Å²) >= 11 is 6.64. The first-order valence-corrected chi connectivity index (χ1v) is 12.2. The molecule has 1 N–H and O–H groups in total. The number of halogens is 1. The van der Waals surface area contributed by atoms with Crippen molar-refractivity contribution in [3.8, 4) is 11.5 Å². The number of benzene rings is 3. The standard InChI is InChI=1S/C25H17ClN4O8S/c1-14-2-5-16(26)11-19(14)27-23(31)13-28-24(32)22(39-25(28)33)10-15-3-7-18(8-4-15)38-21-9-6-17(29(34)35)12-20(21)30(36)37/h2-12H,13H2,1H3,(H,27,31)/b22-10+. The number of aryl methyl sites for hydroxylation is 1. The molecule has 3 aromatic rings. The van der Waals surface area contributed by atoms with Crippen LogP contribution in [0.3, 0.4) is 0 Å². The number of hydrogen-bond donors (Lipinski definition) is 1. The molecule has 1 aliphatic rings. The number of rotatable bonds is 8. The maximum absolute atomic E-state index is 12.8. The number of non-ortho nitro benzene ring substituents is 1. The zero-order chi connectivity index (χ0) is 28.3. The molecule has 39 heavy (non-hydrogen) atoms. The fraction of sp³-hybridized carbons (Fsp3) is 0.0800. The van der Waals surface area contributed by atoms with Gasteiger partial charge in [0.1, 0.15) is 12.3 Å². The maximum Gasteiger partial charge on any atom is 0.318 e.